The molecule has 0 unspecified atom stereocenters. The van der Waals surface area contributed by atoms with E-state index in [-0.39, 0.29) is 11.5 Å². The molecule has 9 heteroatoms. The first-order valence-corrected chi connectivity index (χ1v) is 12.5. The monoisotopic (exact) mass is 530 g/mol. The van der Waals surface area contributed by atoms with Crippen LogP contribution in [0.1, 0.15) is 36.0 Å². The van der Waals surface area contributed by atoms with Crippen LogP contribution in [-0.4, -0.2) is 22.1 Å². The molecule has 0 atom stereocenters. The third kappa shape index (κ3) is 5.09. The molecule has 2 aromatic heterocycles. The van der Waals surface area contributed by atoms with Crippen molar-refractivity contribution in [2.45, 2.75) is 26.4 Å². The maximum absolute atomic E-state index is 12.9. The maximum Gasteiger partial charge on any atom is 0.268 e. The van der Waals surface area contributed by atoms with Crippen molar-refractivity contribution >= 4 is 50.5 Å². The van der Waals surface area contributed by atoms with Crippen molar-refractivity contribution in [1.29, 1.82) is 0 Å². The fourth-order valence-electron chi connectivity index (χ4n) is 3.69. The number of carbonyl (C=O) groups excluding carboxylic acids is 1. The predicted molar refractivity (Wildman–Crippen MR) is 142 cm³/mol. The van der Waals surface area contributed by atoms with Crippen LogP contribution in [0.5, 0.6) is 11.5 Å². The summed E-state index contributed by atoms with van der Waals surface area (Å²) in [5.74, 6) is 0.631. The van der Waals surface area contributed by atoms with E-state index in [1.54, 1.807) is 63.5 Å². The van der Waals surface area contributed by atoms with Gasteiger partial charge in [-0.05, 0) is 62.7 Å². The first-order valence-electron chi connectivity index (χ1n) is 10.9. The topological polar surface area (TPSA) is 80.6 Å². The SMILES string of the molecule is CCNC(=O)c1cc2c(-c3cc(C(C)(C)O)ccc3Oc3ccc(Cl)cc3Cl)cn(C)c(=O)c2s1. The van der Waals surface area contributed by atoms with Gasteiger partial charge in [0, 0.05) is 41.3 Å². The largest absolute Gasteiger partial charge is 0.455 e. The Morgan fingerprint density at radius 3 is 2.49 bits per heavy atom. The van der Waals surface area contributed by atoms with Crippen LogP contribution in [0.3, 0.4) is 0 Å². The van der Waals surface area contributed by atoms with Crippen molar-refractivity contribution in [3.05, 3.63) is 79.5 Å². The summed E-state index contributed by atoms with van der Waals surface area (Å²) in [7, 11) is 1.66. The van der Waals surface area contributed by atoms with Crippen LogP contribution < -0.4 is 15.6 Å². The van der Waals surface area contributed by atoms with Crippen LogP contribution in [0.25, 0.3) is 21.2 Å². The molecule has 4 aromatic rings. The number of aromatic nitrogens is 1. The molecule has 6 nitrogen and oxygen atoms in total. The molecule has 0 fully saturated rings. The van der Waals surface area contributed by atoms with Crippen LogP contribution in [0.2, 0.25) is 10.0 Å². The second-order valence-electron chi connectivity index (χ2n) is 8.62. The van der Waals surface area contributed by atoms with E-state index in [2.05, 4.69) is 5.32 Å². The number of fused-ring (bicyclic) bond motifs is 1. The fourth-order valence-corrected chi connectivity index (χ4v) is 5.21. The molecule has 2 heterocycles. The first-order chi connectivity index (χ1) is 16.5. The van der Waals surface area contributed by atoms with Gasteiger partial charge in [0.15, 0.2) is 0 Å². The average molecular weight is 531 g/mol. The van der Waals surface area contributed by atoms with E-state index >= 15 is 0 Å². The van der Waals surface area contributed by atoms with E-state index in [1.807, 2.05) is 13.0 Å². The number of nitrogens with zero attached hydrogens (tertiary/aromatic N) is 1. The standard InChI is InChI=1S/C26H24Cl2N2O4S/c1-5-29-24(31)22-12-17-18(13-30(4)25(32)23(17)35-22)16-10-14(26(2,3)33)6-8-20(16)34-21-9-7-15(27)11-19(21)28/h6-13,33H,5H2,1-4H3,(H,29,31). The zero-order chi connectivity index (χ0) is 25.5. The Hall–Kier alpha value is -2.84. The highest BCUT2D eigenvalue weighted by molar-refractivity contribution is 7.20. The van der Waals surface area contributed by atoms with Crippen molar-refractivity contribution in [3.8, 4) is 22.6 Å². The van der Waals surface area contributed by atoms with Crippen LogP contribution in [-0.2, 0) is 12.6 Å². The molecular formula is C26H24Cl2N2O4S. The van der Waals surface area contributed by atoms with E-state index in [0.29, 0.717) is 59.7 Å². The highest BCUT2D eigenvalue weighted by Gasteiger charge is 2.23. The first kappa shape index (κ1) is 25.3. The molecule has 0 bridgehead atoms. The Bertz CT molecular complexity index is 1500. The van der Waals surface area contributed by atoms with E-state index in [9.17, 15) is 14.7 Å². The predicted octanol–water partition coefficient (Wildman–Crippen LogP) is 6.34. The molecule has 2 N–H and O–H groups in total. The Morgan fingerprint density at radius 1 is 1.11 bits per heavy atom. The maximum atomic E-state index is 12.9. The number of halogens is 2. The Balaban J connectivity index is 1.98. The number of amides is 1. The number of rotatable bonds is 6. The van der Waals surface area contributed by atoms with Crippen molar-refractivity contribution in [2.24, 2.45) is 7.05 Å². The van der Waals surface area contributed by atoms with Crippen LogP contribution in [0, 0.1) is 0 Å². The number of carbonyl (C=O) groups is 1. The average Bonchev–Trinajstić information content (AvgIpc) is 3.24. The minimum atomic E-state index is -1.12. The molecule has 0 aliphatic rings. The van der Waals surface area contributed by atoms with Crippen molar-refractivity contribution in [2.75, 3.05) is 6.54 Å². The van der Waals surface area contributed by atoms with Gasteiger partial charge in [0.05, 0.1) is 15.5 Å². The normalized spacial score (nSPS) is 11.6. The summed E-state index contributed by atoms with van der Waals surface area (Å²) in [6.07, 6.45) is 1.71. The molecule has 0 radical (unpaired) electrons. The third-order valence-electron chi connectivity index (χ3n) is 5.51. The lowest BCUT2D eigenvalue weighted by atomic mass is 9.93. The van der Waals surface area contributed by atoms with Crippen molar-refractivity contribution in [1.82, 2.24) is 9.88 Å². The number of benzene rings is 2. The van der Waals surface area contributed by atoms with Crippen molar-refractivity contribution < 1.29 is 14.6 Å². The molecule has 2 aromatic carbocycles. The zero-order valence-corrected chi connectivity index (χ0v) is 21.9. The van der Waals surface area contributed by atoms with Gasteiger partial charge in [-0.1, -0.05) is 29.3 Å². The molecule has 0 saturated carbocycles. The van der Waals surface area contributed by atoms with Gasteiger partial charge in [0.2, 0.25) is 0 Å². The number of thiophene rings is 1. The zero-order valence-electron chi connectivity index (χ0n) is 19.6. The van der Waals surface area contributed by atoms with E-state index in [0.717, 1.165) is 11.3 Å². The van der Waals surface area contributed by atoms with Gasteiger partial charge in [0.25, 0.3) is 11.5 Å². The third-order valence-corrected chi connectivity index (χ3v) is 7.16. The summed E-state index contributed by atoms with van der Waals surface area (Å²) in [4.78, 5) is 25.9. The molecule has 1 amide bonds. The van der Waals surface area contributed by atoms with Gasteiger partial charge in [-0.15, -0.1) is 11.3 Å². The number of aryl methyl sites for hydroxylation is 1. The van der Waals surface area contributed by atoms with Gasteiger partial charge in [-0.3, -0.25) is 9.59 Å². The lowest BCUT2D eigenvalue weighted by molar-refractivity contribution is 0.0786. The van der Waals surface area contributed by atoms with Crippen LogP contribution >= 0.6 is 34.5 Å². The molecule has 35 heavy (non-hydrogen) atoms. The smallest absolute Gasteiger partial charge is 0.268 e. The quantitative estimate of drug-likeness (QED) is 0.304. The molecule has 4 rings (SSSR count). The number of hydrogen-bond acceptors (Lipinski definition) is 5. The number of aliphatic hydroxyl groups is 1. The summed E-state index contributed by atoms with van der Waals surface area (Å²) >= 11 is 13.5. The highest BCUT2D eigenvalue weighted by Crippen LogP contribution is 2.42. The second-order valence-corrected chi connectivity index (χ2v) is 10.5. The Labute approximate surface area is 216 Å². The Morgan fingerprint density at radius 2 is 1.83 bits per heavy atom. The number of hydrogen-bond donors (Lipinski definition) is 2. The fraction of sp³-hybridized carbons (Fsp3) is 0.231. The number of nitrogens with one attached hydrogen (secondary N) is 1. The van der Waals surface area contributed by atoms with Gasteiger partial charge in [-0.2, -0.15) is 0 Å². The summed E-state index contributed by atoms with van der Waals surface area (Å²) in [5, 5.41) is 14.9. The highest BCUT2D eigenvalue weighted by atomic mass is 35.5. The molecule has 0 aliphatic carbocycles. The van der Waals surface area contributed by atoms with Gasteiger partial charge < -0.3 is 19.7 Å². The number of pyridine rings is 1. The van der Waals surface area contributed by atoms with Crippen LogP contribution in [0.4, 0.5) is 0 Å². The second kappa shape index (κ2) is 9.66. The minimum Gasteiger partial charge on any atom is -0.455 e. The molecular weight excluding hydrogens is 507 g/mol. The Kier molecular flexibility index (Phi) is 6.97. The van der Waals surface area contributed by atoms with Gasteiger partial charge in [-0.25, -0.2) is 0 Å². The summed E-state index contributed by atoms with van der Waals surface area (Å²) < 4.78 is 8.13. The molecule has 0 aliphatic heterocycles. The minimum absolute atomic E-state index is 0.203. The lowest BCUT2D eigenvalue weighted by Crippen LogP contribution is -2.21. The van der Waals surface area contributed by atoms with Crippen LogP contribution in [0.15, 0.2) is 53.5 Å². The summed E-state index contributed by atoms with van der Waals surface area (Å²) in [6.45, 7) is 5.70. The van der Waals surface area contributed by atoms with Gasteiger partial charge >= 0.3 is 0 Å². The van der Waals surface area contributed by atoms with Gasteiger partial charge in [0.1, 0.15) is 16.2 Å². The molecule has 0 saturated heterocycles. The molecule has 0 spiro atoms. The summed E-state index contributed by atoms with van der Waals surface area (Å²) in [6, 6.07) is 12.0. The van der Waals surface area contributed by atoms with Crippen molar-refractivity contribution in [3.63, 3.8) is 0 Å². The molecule has 182 valence electrons. The van der Waals surface area contributed by atoms with E-state index in [1.165, 1.54) is 4.57 Å². The lowest BCUT2D eigenvalue weighted by Gasteiger charge is -2.21. The van der Waals surface area contributed by atoms with E-state index in [4.69, 9.17) is 27.9 Å². The summed E-state index contributed by atoms with van der Waals surface area (Å²) in [5.41, 5.74) is 0.650. The van der Waals surface area contributed by atoms with E-state index < -0.39 is 5.60 Å². The number of ether oxygens (including phenoxy) is 1.